The minimum absolute atomic E-state index is 0.0432. The molecule has 138 valence electrons. The van der Waals surface area contributed by atoms with Crippen molar-refractivity contribution in [2.75, 3.05) is 25.0 Å². The summed E-state index contributed by atoms with van der Waals surface area (Å²) in [5.74, 6) is 1.40. The predicted molar refractivity (Wildman–Crippen MR) is 96.5 cm³/mol. The van der Waals surface area contributed by atoms with E-state index in [4.69, 9.17) is 0 Å². The van der Waals surface area contributed by atoms with Crippen molar-refractivity contribution in [2.45, 2.75) is 52.4 Å². The standard InChI is InChI=1S/C18H29N5O2/c1-11(2)9-19-18(25)23-8-4-5-14(10-23)17(24)20-16-12(3)15(21-22-16)13-6-7-13/h11,13-14H,4-10H2,1-3H3,(H,19,25)(H2,20,21,22,24)/t14-/m0/s1. The summed E-state index contributed by atoms with van der Waals surface area (Å²) in [6.07, 6.45) is 4.04. The van der Waals surface area contributed by atoms with Gasteiger partial charge < -0.3 is 15.5 Å². The van der Waals surface area contributed by atoms with Crippen LogP contribution in [0.4, 0.5) is 10.6 Å². The second-order valence-corrected chi connectivity index (χ2v) is 7.74. The number of carbonyl (C=O) groups is 2. The lowest BCUT2D eigenvalue weighted by Crippen LogP contribution is -2.48. The van der Waals surface area contributed by atoms with E-state index in [0.717, 1.165) is 24.1 Å². The third kappa shape index (κ3) is 4.32. The van der Waals surface area contributed by atoms with Crippen LogP contribution in [0.3, 0.4) is 0 Å². The van der Waals surface area contributed by atoms with Crippen LogP contribution in [0.1, 0.15) is 56.7 Å². The van der Waals surface area contributed by atoms with Crippen LogP contribution in [-0.2, 0) is 4.79 Å². The van der Waals surface area contributed by atoms with Crippen molar-refractivity contribution >= 4 is 17.8 Å². The first-order valence-corrected chi connectivity index (χ1v) is 9.34. The fourth-order valence-electron chi connectivity index (χ4n) is 3.30. The van der Waals surface area contributed by atoms with E-state index >= 15 is 0 Å². The molecule has 1 saturated carbocycles. The zero-order valence-electron chi connectivity index (χ0n) is 15.4. The van der Waals surface area contributed by atoms with E-state index in [-0.39, 0.29) is 17.9 Å². The van der Waals surface area contributed by atoms with Gasteiger partial charge in [-0.1, -0.05) is 13.8 Å². The number of anilines is 1. The topological polar surface area (TPSA) is 90.1 Å². The lowest BCUT2D eigenvalue weighted by molar-refractivity contribution is -0.121. The van der Waals surface area contributed by atoms with Crippen LogP contribution >= 0.6 is 0 Å². The Labute approximate surface area is 148 Å². The first-order valence-electron chi connectivity index (χ1n) is 9.34. The molecule has 1 saturated heterocycles. The van der Waals surface area contributed by atoms with E-state index in [0.29, 0.717) is 37.3 Å². The molecule has 3 amide bonds. The fourth-order valence-corrected chi connectivity index (χ4v) is 3.30. The molecule has 1 atom stereocenters. The molecule has 1 aliphatic heterocycles. The van der Waals surface area contributed by atoms with Gasteiger partial charge >= 0.3 is 6.03 Å². The van der Waals surface area contributed by atoms with Gasteiger partial charge in [-0.05, 0) is 38.5 Å². The summed E-state index contributed by atoms with van der Waals surface area (Å²) >= 11 is 0. The van der Waals surface area contributed by atoms with Gasteiger partial charge in [0.05, 0.1) is 5.92 Å². The molecule has 7 heteroatoms. The Hall–Kier alpha value is -2.05. The molecule has 0 aromatic carbocycles. The molecule has 2 heterocycles. The van der Waals surface area contributed by atoms with Gasteiger partial charge in [-0.3, -0.25) is 9.89 Å². The lowest BCUT2D eigenvalue weighted by Gasteiger charge is -2.32. The van der Waals surface area contributed by atoms with Gasteiger partial charge in [0.2, 0.25) is 5.91 Å². The zero-order valence-corrected chi connectivity index (χ0v) is 15.4. The highest BCUT2D eigenvalue weighted by Gasteiger charge is 2.31. The van der Waals surface area contributed by atoms with Crippen molar-refractivity contribution in [3.05, 3.63) is 11.3 Å². The highest BCUT2D eigenvalue weighted by atomic mass is 16.2. The maximum absolute atomic E-state index is 12.6. The summed E-state index contributed by atoms with van der Waals surface area (Å²) < 4.78 is 0. The number of hydrogen-bond acceptors (Lipinski definition) is 3. The predicted octanol–water partition coefficient (Wildman–Crippen LogP) is 2.61. The lowest BCUT2D eigenvalue weighted by atomic mass is 9.97. The van der Waals surface area contributed by atoms with E-state index in [1.54, 1.807) is 4.90 Å². The number of hydrogen-bond donors (Lipinski definition) is 3. The number of nitrogens with one attached hydrogen (secondary N) is 3. The first-order chi connectivity index (χ1) is 12.0. The molecule has 7 nitrogen and oxygen atoms in total. The number of nitrogens with zero attached hydrogens (tertiary/aromatic N) is 2. The molecule has 0 radical (unpaired) electrons. The van der Waals surface area contributed by atoms with Crippen molar-refractivity contribution in [1.82, 2.24) is 20.4 Å². The number of amides is 3. The summed E-state index contributed by atoms with van der Waals surface area (Å²) in [4.78, 5) is 26.6. The number of urea groups is 1. The molecule has 0 unspecified atom stereocenters. The van der Waals surface area contributed by atoms with Gasteiger partial charge in [0, 0.05) is 36.8 Å². The second kappa shape index (κ2) is 7.45. The molecule has 2 fully saturated rings. The minimum Gasteiger partial charge on any atom is -0.338 e. The third-order valence-electron chi connectivity index (χ3n) is 5.02. The largest absolute Gasteiger partial charge is 0.338 e. The number of aromatic amines is 1. The number of carbonyl (C=O) groups excluding carboxylic acids is 2. The summed E-state index contributed by atoms with van der Waals surface area (Å²) in [6, 6.07) is -0.0711. The fraction of sp³-hybridized carbons (Fsp3) is 0.722. The third-order valence-corrected chi connectivity index (χ3v) is 5.02. The normalized spacial score (nSPS) is 20.6. The Bertz CT molecular complexity index is 635. The number of rotatable bonds is 5. The van der Waals surface area contributed by atoms with Crippen LogP contribution in [0.25, 0.3) is 0 Å². The Morgan fingerprint density at radius 3 is 2.76 bits per heavy atom. The Kier molecular flexibility index (Phi) is 5.30. The minimum atomic E-state index is -0.181. The number of aromatic nitrogens is 2. The molecule has 0 bridgehead atoms. The summed E-state index contributed by atoms with van der Waals surface area (Å²) in [6.45, 7) is 7.96. The first kappa shape index (κ1) is 17.8. The van der Waals surface area contributed by atoms with E-state index in [1.807, 2.05) is 6.92 Å². The molecule has 1 aromatic rings. The molecular weight excluding hydrogens is 318 g/mol. The average Bonchev–Trinajstić information content (AvgIpc) is 3.38. The molecule has 3 rings (SSSR count). The number of piperidine rings is 1. The van der Waals surface area contributed by atoms with Gasteiger partial charge in [0.15, 0.2) is 5.82 Å². The van der Waals surface area contributed by atoms with Crippen molar-refractivity contribution in [1.29, 1.82) is 0 Å². The van der Waals surface area contributed by atoms with Gasteiger partial charge in [-0.15, -0.1) is 0 Å². The number of likely N-dealkylation sites (tertiary alicyclic amines) is 1. The van der Waals surface area contributed by atoms with Crippen LogP contribution in [0.2, 0.25) is 0 Å². The second-order valence-electron chi connectivity index (χ2n) is 7.74. The van der Waals surface area contributed by atoms with E-state index in [1.165, 1.54) is 12.8 Å². The van der Waals surface area contributed by atoms with Crippen LogP contribution < -0.4 is 10.6 Å². The van der Waals surface area contributed by atoms with Crippen LogP contribution in [0.15, 0.2) is 0 Å². The van der Waals surface area contributed by atoms with Gasteiger partial charge in [-0.25, -0.2) is 4.79 Å². The average molecular weight is 347 g/mol. The molecule has 25 heavy (non-hydrogen) atoms. The van der Waals surface area contributed by atoms with Crippen LogP contribution in [-0.4, -0.2) is 46.7 Å². The zero-order chi connectivity index (χ0) is 18.0. The van der Waals surface area contributed by atoms with Gasteiger partial charge in [0.25, 0.3) is 0 Å². The Morgan fingerprint density at radius 2 is 2.08 bits per heavy atom. The highest BCUT2D eigenvalue weighted by Crippen LogP contribution is 2.41. The maximum Gasteiger partial charge on any atom is 0.317 e. The summed E-state index contributed by atoms with van der Waals surface area (Å²) in [5.41, 5.74) is 2.19. The molecule has 1 aromatic heterocycles. The Morgan fingerprint density at radius 1 is 1.32 bits per heavy atom. The van der Waals surface area contributed by atoms with E-state index < -0.39 is 0 Å². The SMILES string of the molecule is Cc1c(NC(=O)[C@H]2CCCN(C(=O)NCC(C)C)C2)n[nH]c1C1CC1. The quantitative estimate of drug-likeness (QED) is 0.765. The maximum atomic E-state index is 12.6. The van der Waals surface area contributed by atoms with Crippen molar-refractivity contribution in [3.63, 3.8) is 0 Å². The molecular formula is C18H29N5O2. The van der Waals surface area contributed by atoms with Crippen LogP contribution in [0, 0.1) is 18.8 Å². The van der Waals surface area contributed by atoms with Crippen molar-refractivity contribution in [2.24, 2.45) is 11.8 Å². The smallest absolute Gasteiger partial charge is 0.317 e. The summed E-state index contributed by atoms with van der Waals surface area (Å²) in [5, 5.41) is 13.2. The van der Waals surface area contributed by atoms with E-state index in [2.05, 4.69) is 34.7 Å². The van der Waals surface area contributed by atoms with Gasteiger partial charge in [-0.2, -0.15) is 5.10 Å². The summed E-state index contributed by atoms with van der Waals surface area (Å²) in [7, 11) is 0. The Balaban J connectivity index is 1.55. The molecule has 2 aliphatic rings. The van der Waals surface area contributed by atoms with E-state index in [9.17, 15) is 9.59 Å². The number of H-pyrrole nitrogens is 1. The van der Waals surface area contributed by atoms with Crippen molar-refractivity contribution < 1.29 is 9.59 Å². The highest BCUT2D eigenvalue weighted by molar-refractivity contribution is 5.93. The van der Waals surface area contributed by atoms with Crippen molar-refractivity contribution in [3.8, 4) is 0 Å². The molecule has 0 spiro atoms. The molecule has 3 N–H and O–H groups in total. The van der Waals surface area contributed by atoms with Gasteiger partial charge in [0.1, 0.15) is 0 Å². The molecule has 1 aliphatic carbocycles. The van der Waals surface area contributed by atoms with Crippen LogP contribution in [0.5, 0.6) is 0 Å². The monoisotopic (exact) mass is 347 g/mol.